The van der Waals surface area contributed by atoms with Crippen LogP contribution in [0.3, 0.4) is 0 Å². The summed E-state index contributed by atoms with van der Waals surface area (Å²) in [5.41, 5.74) is 6.05. The summed E-state index contributed by atoms with van der Waals surface area (Å²) in [5.74, 6) is 0.606. The number of aromatic nitrogens is 1. The minimum atomic E-state index is 0.0528. The van der Waals surface area contributed by atoms with E-state index in [1.54, 1.807) is 0 Å². The normalized spacial score (nSPS) is 16.8. The molecule has 5 heteroatoms. The minimum absolute atomic E-state index is 0.0528. The molecule has 0 atom stereocenters. The van der Waals surface area contributed by atoms with Gasteiger partial charge in [-0.1, -0.05) is 6.08 Å². The molecule has 18 heavy (non-hydrogen) atoms. The van der Waals surface area contributed by atoms with Gasteiger partial charge in [0.05, 0.1) is 5.01 Å². The van der Waals surface area contributed by atoms with Crippen molar-refractivity contribution in [2.75, 3.05) is 19.6 Å². The van der Waals surface area contributed by atoms with E-state index in [1.807, 2.05) is 16.4 Å². The Labute approximate surface area is 112 Å². The number of likely N-dealkylation sites (tertiary alicyclic amines) is 1. The first-order valence-corrected chi connectivity index (χ1v) is 7.19. The summed E-state index contributed by atoms with van der Waals surface area (Å²) in [6.45, 7) is 6.00. The van der Waals surface area contributed by atoms with Crippen LogP contribution in [0.4, 0.5) is 0 Å². The van der Waals surface area contributed by atoms with Crippen LogP contribution in [0.1, 0.15) is 28.3 Å². The Morgan fingerprint density at radius 1 is 1.61 bits per heavy atom. The van der Waals surface area contributed by atoms with E-state index in [1.165, 1.54) is 11.3 Å². The summed E-state index contributed by atoms with van der Waals surface area (Å²) in [6.07, 6.45) is 4.75. The van der Waals surface area contributed by atoms with Crippen molar-refractivity contribution in [2.45, 2.75) is 19.3 Å². The lowest BCUT2D eigenvalue weighted by molar-refractivity contribution is 0.0700. The van der Waals surface area contributed by atoms with E-state index in [0.717, 1.165) is 37.4 Å². The molecule has 1 amide bonds. The summed E-state index contributed by atoms with van der Waals surface area (Å²) in [7, 11) is 0. The zero-order chi connectivity index (χ0) is 13.0. The summed E-state index contributed by atoms with van der Waals surface area (Å²) in [5, 5.41) is 2.79. The summed E-state index contributed by atoms with van der Waals surface area (Å²) in [4.78, 5) is 18.5. The highest BCUT2D eigenvalue weighted by molar-refractivity contribution is 7.09. The van der Waals surface area contributed by atoms with Crippen LogP contribution in [0, 0.1) is 5.92 Å². The molecule has 0 aromatic carbocycles. The molecule has 0 unspecified atom stereocenters. The Kier molecular flexibility index (Phi) is 4.49. The number of hydrogen-bond acceptors (Lipinski definition) is 4. The lowest BCUT2D eigenvalue weighted by Gasteiger charge is -2.30. The monoisotopic (exact) mass is 265 g/mol. The van der Waals surface area contributed by atoms with Crippen LogP contribution < -0.4 is 5.73 Å². The molecule has 1 saturated heterocycles. The van der Waals surface area contributed by atoms with Gasteiger partial charge in [-0.25, -0.2) is 4.98 Å². The lowest BCUT2D eigenvalue weighted by atomic mass is 9.97. The van der Waals surface area contributed by atoms with Gasteiger partial charge in [0.15, 0.2) is 0 Å². The van der Waals surface area contributed by atoms with E-state index >= 15 is 0 Å². The van der Waals surface area contributed by atoms with Gasteiger partial charge in [0, 0.05) is 24.9 Å². The zero-order valence-electron chi connectivity index (χ0n) is 10.5. The maximum Gasteiger partial charge on any atom is 0.273 e. The first-order chi connectivity index (χ1) is 8.74. The number of hydrogen-bond donors (Lipinski definition) is 1. The van der Waals surface area contributed by atoms with Crippen molar-refractivity contribution in [1.29, 1.82) is 0 Å². The number of amides is 1. The van der Waals surface area contributed by atoms with E-state index in [2.05, 4.69) is 11.6 Å². The van der Waals surface area contributed by atoms with Crippen LogP contribution in [-0.2, 0) is 6.42 Å². The van der Waals surface area contributed by atoms with Crippen LogP contribution in [0.25, 0.3) is 0 Å². The molecule has 1 fully saturated rings. The molecule has 0 aliphatic carbocycles. The SMILES string of the molecule is C=CC1CCN(C(=O)c2csc(CCN)n2)CC1. The first-order valence-electron chi connectivity index (χ1n) is 6.31. The largest absolute Gasteiger partial charge is 0.337 e. The summed E-state index contributed by atoms with van der Waals surface area (Å²) in [6, 6.07) is 0. The highest BCUT2D eigenvalue weighted by atomic mass is 32.1. The number of carbonyl (C=O) groups is 1. The van der Waals surface area contributed by atoms with Crippen LogP contribution >= 0.6 is 11.3 Å². The molecule has 0 radical (unpaired) electrons. The molecule has 1 aliphatic rings. The van der Waals surface area contributed by atoms with Crippen LogP contribution in [0.2, 0.25) is 0 Å². The van der Waals surface area contributed by atoms with Crippen molar-refractivity contribution >= 4 is 17.2 Å². The van der Waals surface area contributed by atoms with Gasteiger partial charge in [-0.15, -0.1) is 17.9 Å². The van der Waals surface area contributed by atoms with Crippen LogP contribution in [0.15, 0.2) is 18.0 Å². The van der Waals surface area contributed by atoms with Crippen molar-refractivity contribution in [3.8, 4) is 0 Å². The van der Waals surface area contributed by atoms with Gasteiger partial charge in [-0.05, 0) is 25.3 Å². The highest BCUT2D eigenvalue weighted by Crippen LogP contribution is 2.20. The lowest BCUT2D eigenvalue weighted by Crippen LogP contribution is -2.38. The third kappa shape index (κ3) is 2.97. The van der Waals surface area contributed by atoms with Crippen molar-refractivity contribution in [2.24, 2.45) is 11.7 Å². The fourth-order valence-corrected chi connectivity index (χ4v) is 2.94. The Morgan fingerprint density at radius 3 is 2.94 bits per heavy atom. The molecule has 0 spiro atoms. The number of rotatable bonds is 4. The second-order valence-electron chi connectivity index (χ2n) is 4.53. The fraction of sp³-hybridized carbons (Fsp3) is 0.538. The average molecular weight is 265 g/mol. The van der Waals surface area contributed by atoms with E-state index in [0.29, 0.717) is 18.2 Å². The Bertz CT molecular complexity index is 422. The predicted octanol–water partition coefficient (Wildman–Crippen LogP) is 1.68. The van der Waals surface area contributed by atoms with Crippen molar-refractivity contribution in [3.05, 3.63) is 28.7 Å². The van der Waals surface area contributed by atoms with Gasteiger partial charge in [0.1, 0.15) is 5.69 Å². The second-order valence-corrected chi connectivity index (χ2v) is 5.47. The zero-order valence-corrected chi connectivity index (χ0v) is 11.3. The predicted molar refractivity (Wildman–Crippen MR) is 73.7 cm³/mol. The molecule has 98 valence electrons. The molecule has 1 aliphatic heterocycles. The third-order valence-corrected chi connectivity index (χ3v) is 4.20. The molecule has 1 aromatic rings. The standard InChI is InChI=1S/C13H19N3OS/c1-2-10-4-7-16(8-5-10)13(17)11-9-18-12(15-11)3-6-14/h2,9-10H,1,3-8,14H2. The van der Waals surface area contributed by atoms with E-state index in [-0.39, 0.29) is 5.91 Å². The van der Waals surface area contributed by atoms with Crippen molar-refractivity contribution < 1.29 is 4.79 Å². The Balaban J connectivity index is 1.96. The van der Waals surface area contributed by atoms with Gasteiger partial charge in [-0.3, -0.25) is 4.79 Å². The van der Waals surface area contributed by atoms with Crippen molar-refractivity contribution in [3.63, 3.8) is 0 Å². The number of nitrogens with two attached hydrogens (primary N) is 1. The number of nitrogens with zero attached hydrogens (tertiary/aromatic N) is 2. The van der Waals surface area contributed by atoms with Crippen LogP contribution in [-0.4, -0.2) is 35.4 Å². The molecular formula is C13H19N3OS. The Morgan fingerprint density at radius 2 is 2.33 bits per heavy atom. The van der Waals surface area contributed by atoms with Gasteiger partial charge in [0.25, 0.3) is 5.91 Å². The molecule has 2 N–H and O–H groups in total. The highest BCUT2D eigenvalue weighted by Gasteiger charge is 2.23. The fourth-order valence-electron chi connectivity index (χ4n) is 2.15. The molecule has 2 heterocycles. The minimum Gasteiger partial charge on any atom is -0.337 e. The third-order valence-electron chi connectivity index (χ3n) is 3.29. The number of piperidine rings is 1. The molecule has 1 aromatic heterocycles. The number of allylic oxidation sites excluding steroid dienone is 1. The first kappa shape index (κ1) is 13.2. The van der Waals surface area contributed by atoms with Crippen molar-refractivity contribution in [1.82, 2.24) is 9.88 Å². The second kappa shape index (κ2) is 6.11. The summed E-state index contributed by atoms with van der Waals surface area (Å²) < 4.78 is 0. The van der Waals surface area contributed by atoms with Crippen LogP contribution in [0.5, 0.6) is 0 Å². The topological polar surface area (TPSA) is 59.2 Å². The maximum atomic E-state index is 12.2. The molecular weight excluding hydrogens is 246 g/mol. The number of carbonyl (C=O) groups excluding carboxylic acids is 1. The Hall–Kier alpha value is -1.20. The van der Waals surface area contributed by atoms with Gasteiger partial charge in [-0.2, -0.15) is 0 Å². The van der Waals surface area contributed by atoms with E-state index in [4.69, 9.17) is 5.73 Å². The van der Waals surface area contributed by atoms with Gasteiger partial charge < -0.3 is 10.6 Å². The number of thiazole rings is 1. The van der Waals surface area contributed by atoms with E-state index in [9.17, 15) is 4.79 Å². The molecule has 0 bridgehead atoms. The average Bonchev–Trinajstić information content (AvgIpc) is 2.87. The van der Waals surface area contributed by atoms with E-state index < -0.39 is 0 Å². The van der Waals surface area contributed by atoms with Gasteiger partial charge >= 0.3 is 0 Å². The molecule has 2 rings (SSSR count). The maximum absolute atomic E-state index is 12.2. The van der Waals surface area contributed by atoms with Gasteiger partial charge in [0.2, 0.25) is 0 Å². The smallest absolute Gasteiger partial charge is 0.273 e. The summed E-state index contributed by atoms with van der Waals surface area (Å²) >= 11 is 1.52. The molecule has 0 saturated carbocycles. The quantitative estimate of drug-likeness (QED) is 0.843. The molecule has 4 nitrogen and oxygen atoms in total.